The minimum Gasteiger partial charge on any atom is -0.335 e. The molecular formula is C7H14N4O2S. The van der Waals surface area contributed by atoms with Crippen molar-refractivity contribution in [2.75, 3.05) is 13.6 Å². The van der Waals surface area contributed by atoms with E-state index in [2.05, 4.69) is 9.97 Å². The van der Waals surface area contributed by atoms with Crippen LogP contribution >= 0.6 is 0 Å². The van der Waals surface area contributed by atoms with Crippen LogP contribution in [0.2, 0.25) is 0 Å². The smallest absolute Gasteiger partial charge is 0.259 e. The second-order valence-electron chi connectivity index (χ2n) is 3.18. The molecule has 0 fully saturated rings. The molecule has 0 spiro atoms. The maximum Gasteiger partial charge on any atom is 0.259 e. The van der Waals surface area contributed by atoms with Gasteiger partial charge in [0.05, 0.1) is 12.5 Å². The number of imidazole rings is 1. The zero-order valence-corrected chi connectivity index (χ0v) is 8.95. The Kier molecular flexibility index (Phi) is 3.25. The van der Waals surface area contributed by atoms with Gasteiger partial charge < -0.3 is 10.7 Å². The third-order valence-corrected chi connectivity index (χ3v) is 3.46. The Labute approximate surface area is 83.2 Å². The van der Waals surface area contributed by atoms with Crippen LogP contribution in [0.15, 0.2) is 17.6 Å². The summed E-state index contributed by atoms with van der Waals surface area (Å²) in [5.74, 6) is 0. The number of nitrogens with two attached hydrogens (primary N) is 1. The van der Waals surface area contributed by atoms with Crippen molar-refractivity contribution in [3.63, 3.8) is 0 Å². The Hall–Kier alpha value is -0.920. The second kappa shape index (κ2) is 4.07. The predicted molar refractivity (Wildman–Crippen MR) is 52.1 cm³/mol. The van der Waals surface area contributed by atoms with Crippen LogP contribution in [0.4, 0.5) is 0 Å². The lowest BCUT2D eigenvalue weighted by atomic mass is 10.4. The van der Waals surface area contributed by atoms with E-state index in [0.29, 0.717) is 0 Å². The number of likely N-dealkylation sites (N-methyl/N-ethyl adjacent to an activating group) is 1. The van der Waals surface area contributed by atoms with E-state index in [0.717, 1.165) is 0 Å². The van der Waals surface area contributed by atoms with Gasteiger partial charge in [0, 0.05) is 19.6 Å². The number of aromatic amines is 1. The molecule has 0 amide bonds. The lowest BCUT2D eigenvalue weighted by Gasteiger charge is -2.17. The summed E-state index contributed by atoms with van der Waals surface area (Å²) in [6.07, 6.45) is 2.60. The molecule has 3 N–H and O–H groups in total. The van der Waals surface area contributed by atoms with E-state index < -0.39 is 10.0 Å². The standard InChI is InChI=1S/C7H14N4O2S/c1-6(8)4-11(2)14(12,13)7-3-9-5-10-7/h3,5-6H,4,8H2,1-2H3,(H,9,10). The van der Waals surface area contributed by atoms with Crippen LogP contribution in [0.25, 0.3) is 0 Å². The molecule has 7 heteroatoms. The molecular weight excluding hydrogens is 204 g/mol. The molecule has 1 atom stereocenters. The number of nitrogens with one attached hydrogen (secondary N) is 1. The van der Waals surface area contributed by atoms with Crippen molar-refractivity contribution in [1.82, 2.24) is 14.3 Å². The van der Waals surface area contributed by atoms with Gasteiger partial charge >= 0.3 is 0 Å². The van der Waals surface area contributed by atoms with E-state index >= 15 is 0 Å². The normalized spacial score (nSPS) is 14.6. The summed E-state index contributed by atoms with van der Waals surface area (Å²) in [5, 5.41) is 0.0839. The molecule has 0 aliphatic carbocycles. The first-order valence-electron chi connectivity index (χ1n) is 4.15. The molecule has 0 aliphatic rings. The highest BCUT2D eigenvalue weighted by Gasteiger charge is 2.22. The topological polar surface area (TPSA) is 92.1 Å². The van der Waals surface area contributed by atoms with Crippen molar-refractivity contribution >= 4 is 10.0 Å². The second-order valence-corrected chi connectivity index (χ2v) is 5.19. The molecule has 1 aromatic heterocycles. The number of nitrogens with zero attached hydrogens (tertiary/aromatic N) is 2. The summed E-state index contributed by atoms with van der Waals surface area (Å²) >= 11 is 0. The van der Waals surface area contributed by atoms with Crippen LogP contribution in [-0.4, -0.2) is 42.3 Å². The molecule has 0 aliphatic heterocycles. The molecule has 0 bridgehead atoms. The van der Waals surface area contributed by atoms with E-state index in [1.807, 2.05) is 0 Å². The highest BCUT2D eigenvalue weighted by atomic mass is 32.2. The van der Waals surface area contributed by atoms with Gasteiger partial charge in [0.25, 0.3) is 10.0 Å². The first-order chi connectivity index (χ1) is 6.44. The zero-order chi connectivity index (χ0) is 10.8. The van der Waals surface area contributed by atoms with E-state index in [-0.39, 0.29) is 17.6 Å². The molecule has 6 nitrogen and oxygen atoms in total. The minimum absolute atomic E-state index is 0.0839. The molecule has 0 saturated heterocycles. The quantitative estimate of drug-likeness (QED) is 0.704. The van der Waals surface area contributed by atoms with Gasteiger partial charge in [0.15, 0.2) is 5.03 Å². The van der Waals surface area contributed by atoms with E-state index in [9.17, 15) is 8.42 Å². The average Bonchev–Trinajstić information content (AvgIpc) is 2.54. The number of sulfonamides is 1. The van der Waals surface area contributed by atoms with Gasteiger partial charge in [-0.2, -0.15) is 4.31 Å². The first kappa shape index (κ1) is 11.2. The Balaban J connectivity index is 2.86. The van der Waals surface area contributed by atoms with Crippen LogP contribution < -0.4 is 5.73 Å². The Morgan fingerprint density at radius 3 is 2.79 bits per heavy atom. The molecule has 1 unspecified atom stereocenters. The molecule has 0 radical (unpaired) electrons. The molecule has 0 aromatic carbocycles. The summed E-state index contributed by atoms with van der Waals surface area (Å²) in [5.41, 5.74) is 5.51. The van der Waals surface area contributed by atoms with E-state index in [1.54, 1.807) is 6.92 Å². The highest BCUT2D eigenvalue weighted by Crippen LogP contribution is 2.09. The third-order valence-electron chi connectivity index (χ3n) is 1.71. The molecule has 1 rings (SSSR count). The molecule has 1 heterocycles. The largest absolute Gasteiger partial charge is 0.335 e. The van der Waals surface area contributed by atoms with Crippen LogP contribution in [0.1, 0.15) is 6.92 Å². The SMILES string of the molecule is CC(N)CN(C)S(=O)(=O)c1cnc[nH]1. The zero-order valence-electron chi connectivity index (χ0n) is 8.14. The summed E-state index contributed by atoms with van der Waals surface area (Å²) in [7, 11) is -1.97. The van der Waals surface area contributed by atoms with Gasteiger partial charge in [-0.25, -0.2) is 13.4 Å². The fourth-order valence-corrected chi connectivity index (χ4v) is 2.22. The predicted octanol–water partition coefficient (Wildman–Crippen LogP) is -0.623. The fourth-order valence-electron chi connectivity index (χ4n) is 1.06. The van der Waals surface area contributed by atoms with Gasteiger partial charge in [0.1, 0.15) is 0 Å². The average molecular weight is 218 g/mol. The summed E-state index contributed by atoms with van der Waals surface area (Å²) in [4.78, 5) is 6.21. The van der Waals surface area contributed by atoms with Crippen molar-refractivity contribution in [1.29, 1.82) is 0 Å². The molecule has 80 valence electrons. The van der Waals surface area contributed by atoms with Crippen molar-refractivity contribution in [2.45, 2.75) is 18.0 Å². The van der Waals surface area contributed by atoms with Crippen molar-refractivity contribution in [3.8, 4) is 0 Å². The van der Waals surface area contributed by atoms with Gasteiger partial charge in [0.2, 0.25) is 0 Å². The lowest BCUT2D eigenvalue weighted by Crippen LogP contribution is -2.37. The van der Waals surface area contributed by atoms with E-state index in [4.69, 9.17) is 5.73 Å². The Morgan fingerprint density at radius 2 is 2.36 bits per heavy atom. The van der Waals surface area contributed by atoms with Crippen LogP contribution in [0.5, 0.6) is 0 Å². The van der Waals surface area contributed by atoms with Gasteiger partial charge in [-0.15, -0.1) is 0 Å². The van der Waals surface area contributed by atoms with Crippen LogP contribution in [-0.2, 0) is 10.0 Å². The van der Waals surface area contributed by atoms with Crippen molar-refractivity contribution < 1.29 is 8.42 Å². The summed E-state index contributed by atoms with van der Waals surface area (Å²) in [6.45, 7) is 2.03. The van der Waals surface area contributed by atoms with Crippen LogP contribution in [0.3, 0.4) is 0 Å². The van der Waals surface area contributed by atoms with Gasteiger partial charge in [-0.05, 0) is 6.92 Å². The van der Waals surface area contributed by atoms with Gasteiger partial charge in [-0.1, -0.05) is 0 Å². The van der Waals surface area contributed by atoms with Crippen LogP contribution in [0, 0.1) is 0 Å². The maximum absolute atomic E-state index is 11.7. The van der Waals surface area contributed by atoms with Crippen molar-refractivity contribution in [3.05, 3.63) is 12.5 Å². The summed E-state index contributed by atoms with van der Waals surface area (Å²) in [6, 6.07) is -0.197. The summed E-state index contributed by atoms with van der Waals surface area (Å²) < 4.78 is 24.7. The number of aromatic nitrogens is 2. The van der Waals surface area contributed by atoms with E-state index in [1.165, 1.54) is 23.9 Å². The molecule has 14 heavy (non-hydrogen) atoms. The highest BCUT2D eigenvalue weighted by molar-refractivity contribution is 7.89. The maximum atomic E-state index is 11.7. The van der Waals surface area contributed by atoms with Gasteiger partial charge in [-0.3, -0.25) is 0 Å². The number of hydrogen-bond donors (Lipinski definition) is 2. The first-order valence-corrected chi connectivity index (χ1v) is 5.59. The number of H-pyrrole nitrogens is 1. The monoisotopic (exact) mass is 218 g/mol. The minimum atomic E-state index is -3.46. The Morgan fingerprint density at radius 1 is 1.71 bits per heavy atom. The fraction of sp³-hybridized carbons (Fsp3) is 0.571. The number of rotatable bonds is 4. The third kappa shape index (κ3) is 2.31. The Bertz CT molecular complexity index is 370. The molecule has 0 saturated carbocycles. The lowest BCUT2D eigenvalue weighted by molar-refractivity contribution is 0.443. The van der Waals surface area contributed by atoms with Crippen molar-refractivity contribution in [2.24, 2.45) is 5.73 Å². The molecule has 1 aromatic rings. The number of hydrogen-bond acceptors (Lipinski definition) is 4.